The van der Waals surface area contributed by atoms with Crippen molar-refractivity contribution in [1.29, 1.82) is 0 Å². The number of ether oxygens (including phenoxy) is 2. The molecular formula is C19H21NO4. The molecule has 0 saturated carbocycles. The van der Waals surface area contributed by atoms with Gasteiger partial charge in [0.05, 0.1) is 5.41 Å². The number of hydrogen-bond acceptors (Lipinski definition) is 5. The van der Waals surface area contributed by atoms with Gasteiger partial charge < -0.3 is 9.47 Å². The van der Waals surface area contributed by atoms with E-state index in [-0.39, 0.29) is 6.61 Å². The van der Waals surface area contributed by atoms with E-state index in [1.54, 1.807) is 39.1 Å². The smallest absolute Gasteiger partial charge is 0.352 e. The number of pyridine rings is 1. The Kier molecular flexibility index (Phi) is 5.68. The van der Waals surface area contributed by atoms with Crippen molar-refractivity contribution in [2.24, 2.45) is 5.41 Å². The van der Waals surface area contributed by atoms with Gasteiger partial charge >= 0.3 is 11.9 Å². The van der Waals surface area contributed by atoms with Gasteiger partial charge in [-0.05, 0) is 32.4 Å². The first-order valence-electron chi connectivity index (χ1n) is 7.69. The molecule has 126 valence electrons. The predicted molar refractivity (Wildman–Crippen MR) is 88.8 cm³/mol. The molecule has 2 rings (SSSR count). The van der Waals surface area contributed by atoms with Gasteiger partial charge in [0.25, 0.3) is 0 Å². The zero-order valence-electron chi connectivity index (χ0n) is 14.1. The third-order valence-electron chi connectivity index (χ3n) is 3.26. The molecule has 0 aliphatic carbocycles. The Morgan fingerprint density at radius 1 is 1.08 bits per heavy atom. The molecule has 1 aromatic heterocycles. The highest BCUT2D eigenvalue weighted by atomic mass is 16.6. The summed E-state index contributed by atoms with van der Waals surface area (Å²) in [5.41, 5.74) is 0.617. The van der Waals surface area contributed by atoms with E-state index in [0.717, 1.165) is 5.56 Å². The van der Waals surface area contributed by atoms with Crippen molar-refractivity contribution in [3.63, 3.8) is 0 Å². The van der Waals surface area contributed by atoms with E-state index in [1.165, 1.54) is 6.20 Å². The molecule has 0 aliphatic rings. The number of esters is 2. The number of rotatable bonds is 5. The van der Waals surface area contributed by atoms with Crippen molar-refractivity contribution < 1.29 is 19.1 Å². The van der Waals surface area contributed by atoms with Crippen LogP contribution < -0.4 is 0 Å². The third kappa shape index (κ3) is 4.91. The Morgan fingerprint density at radius 3 is 2.38 bits per heavy atom. The van der Waals surface area contributed by atoms with Crippen molar-refractivity contribution in [2.45, 2.75) is 33.5 Å². The van der Waals surface area contributed by atoms with Crippen molar-refractivity contribution in [2.75, 3.05) is 0 Å². The average Bonchev–Trinajstić information content (AvgIpc) is 2.58. The SMILES string of the molecule is CC(C)(C)C(=O)OC(C(=O)OCc1ccccc1)c1cccnc1. The van der Waals surface area contributed by atoms with Gasteiger partial charge in [-0.1, -0.05) is 36.4 Å². The summed E-state index contributed by atoms with van der Waals surface area (Å²) < 4.78 is 10.7. The molecule has 5 heteroatoms. The van der Waals surface area contributed by atoms with Crippen LogP contribution in [0.1, 0.15) is 38.0 Å². The van der Waals surface area contributed by atoms with Crippen molar-refractivity contribution >= 4 is 11.9 Å². The highest BCUT2D eigenvalue weighted by molar-refractivity contribution is 5.82. The molecule has 5 nitrogen and oxygen atoms in total. The molecule has 1 heterocycles. The van der Waals surface area contributed by atoms with Gasteiger partial charge in [0, 0.05) is 18.0 Å². The molecule has 0 saturated heterocycles. The fourth-order valence-electron chi connectivity index (χ4n) is 1.87. The average molecular weight is 327 g/mol. The predicted octanol–water partition coefficient (Wildman–Crippen LogP) is 3.46. The quantitative estimate of drug-likeness (QED) is 0.787. The summed E-state index contributed by atoms with van der Waals surface area (Å²) in [6.07, 6.45) is 1.94. The van der Waals surface area contributed by atoms with Crippen molar-refractivity contribution in [3.05, 3.63) is 66.0 Å². The van der Waals surface area contributed by atoms with Crippen LogP contribution in [0.5, 0.6) is 0 Å². The Labute approximate surface area is 141 Å². The molecule has 0 aliphatic heterocycles. The fourth-order valence-corrected chi connectivity index (χ4v) is 1.87. The lowest BCUT2D eigenvalue weighted by Gasteiger charge is -2.22. The fraction of sp³-hybridized carbons (Fsp3) is 0.316. The molecular weight excluding hydrogens is 306 g/mol. The first-order chi connectivity index (χ1) is 11.4. The second-order valence-corrected chi connectivity index (χ2v) is 6.42. The van der Waals surface area contributed by atoms with Crippen molar-refractivity contribution in [3.8, 4) is 0 Å². The Morgan fingerprint density at radius 2 is 1.79 bits per heavy atom. The molecule has 0 fully saturated rings. The van der Waals surface area contributed by atoms with Crippen LogP contribution >= 0.6 is 0 Å². The zero-order valence-corrected chi connectivity index (χ0v) is 14.1. The maximum atomic E-state index is 12.5. The highest BCUT2D eigenvalue weighted by Gasteiger charge is 2.32. The lowest BCUT2D eigenvalue weighted by atomic mass is 9.97. The maximum Gasteiger partial charge on any atom is 0.352 e. The van der Waals surface area contributed by atoms with Crippen LogP contribution in [0, 0.1) is 5.41 Å². The number of nitrogens with zero attached hydrogens (tertiary/aromatic N) is 1. The molecule has 0 spiro atoms. The molecule has 1 atom stereocenters. The van der Waals surface area contributed by atoms with Crippen LogP contribution in [0.4, 0.5) is 0 Å². The number of hydrogen-bond donors (Lipinski definition) is 0. The molecule has 2 aromatic rings. The number of carbonyl (C=O) groups excluding carboxylic acids is 2. The van der Waals surface area contributed by atoms with Crippen LogP contribution in [-0.2, 0) is 25.7 Å². The lowest BCUT2D eigenvalue weighted by molar-refractivity contribution is -0.174. The van der Waals surface area contributed by atoms with Crippen molar-refractivity contribution in [1.82, 2.24) is 4.98 Å². The van der Waals surface area contributed by atoms with E-state index in [9.17, 15) is 9.59 Å². The summed E-state index contributed by atoms with van der Waals surface area (Å²) in [4.78, 5) is 28.6. The lowest BCUT2D eigenvalue weighted by Crippen LogP contribution is -2.29. The van der Waals surface area contributed by atoms with Gasteiger partial charge in [-0.3, -0.25) is 9.78 Å². The van der Waals surface area contributed by atoms with Crippen LogP contribution in [0.15, 0.2) is 54.9 Å². The molecule has 1 aromatic carbocycles. The normalized spacial score (nSPS) is 12.3. The summed E-state index contributed by atoms with van der Waals surface area (Å²) in [5, 5.41) is 0. The summed E-state index contributed by atoms with van der Waals surface area (Å²) in [7, 11) is 0. The van der Waals surface area contributed by atoms with E-state index in [4.69, 9.17) is 9.47 Å². The minimum Gasteiger partial charge on any atom is -0.458 e. The van der Waals surface area contributed by atoms with E-state index < -0.39 is 23.5 Å². The molecule has 0 bridgehead atoms. The van der Waals surface area contributed by atoms with Crippen LogP contribution in [0.3, 0.4) is 0 Å². The minimum atomic E-state index is -1.13. The first kappa shape index (κ1) is 17.7. The highest BCUT2D eigenvalue weighted by Crippen LogP contribution is 2.24. The van der Waals surface area contributed by atoms with Gasteiger partial charge in [0.2, 0.25) is 6.10 Å². The number of carbonyl (C=O) groups is 2. The van der Waals surface area contributed by atoms with Gasteiger partial charge in [-0.2, -0.15) is 0 Å². The number of benzene rings is 1. The summed E-state index contributed by atoms with van der Waals surface area (Å²) >= 11 is 0. The Hall–Kier alpha value is -2.69. The second-order valence-electron chi connectivity index (χ2n) is 6.42. The van der Waals surface area contributed by atoms with E-state index in [2.05, 4.69) is 4.98 Å². The van der Waals surface area contributed by atoms with E-state index in [1.807, 2.05) is 30.3 Å². The first-order valence-corrected chi connectivity index (χ1v) is 7.69. The van der Waals surface area contributed by atoms with Gasteiger partial charge in [0.1, 0.15) is 6.61 Å². The molecule has 0 N–H and O–H groups in total. The molecule has 24 heavy (non-hydrogen) atoms. The minimum absolute atomic E-state index is 0.115. The second kappa shape index (κ2) is 7.73. The molecule has 1 unspecified atom stereocenters. The summed E-state index contributed by atoms with van der Waals surface area (Å²) in [5.74, 6) is -1.10. The zero-order chi connectivity index (χ0) is 17.6. The molecule has 0 amide bonds. The van der Waals surface area contributed by atoms with Crippen LogP contribution in [0.25, 0.3) is 0 Å². The van der Waals surface area contributed by atoms with Crippen LogP contribution in [0.2, 0.25) is 0 Å². The monoisotopic (exact) mass is 327 g/mol. The standard InChI is InChI=1S/C19H21NO4/c1-19(2,3)18(22)24-16(15-10-7-11-20-12-15)17(21)23-13-14-8-5-4-6-9-14/h4-12,16H,13H2,1-3H3. The summed E-state index contributed by atoms with van der Waals surface area (Å²) in [6, 6.07) is 12.7. The van der Waals surface area contributed by atoms with Gasteiger partial charge in [-0.25, -0.2) is 4.79 Å². The summed E-state index contributed by atoms with van der Waals surface area (Å²) in [6.45, 7) is 5.30. The molecule has 0 radical (unpaired) electrons. The largest absolute Gasteiger partial charge is 0.458 e. The van der Waals surface area contributed by atoms with Crippen LogP contribution in [-0.4, -0.2) is 16.9 Å². The third-order valence-corrected chi connectivity index (χ3v) is 3.26. The Bertz CT molecular complexity index is 678. The van der Waals surface area contributed by atoms with Gasteiger partial charge in [-0.15, -0.1) is 0 Å². The van der Waals surface area contributed by atoms with E-state index in [0.29, 0.717) is 5.56 Å². The van der Waals surface area contributed by atoms with E-state index >= 15 is 0 Å². The maximum absolute atomic E-state index is 12.5. The van der Waals surface area contributed by atoms with Gasteiger partial charge in [0.15, 0.2) is 0 Å². The topological polar surface area (TPSA) is 65.5 Å². The Balaban J connectivity index is 2.13. The number of aromatic nitrogens is 1.